The average Bonchev–Trinajstić information content (AvgIpc) is 3.29. The zero-order valence-corrected chi connectivity index (χ0v) is 14.7. The second kappa shape index (κ2) is 6.07. The van der Waals surface area contributed by atoms with E-state index in [1.165, 1.54) is 6.20 Å². The van der Waals surface area contributed by atoms with Gasteiger partial charge in [-0.15, -0.1) is 0 Å². The Kier molecular flexibility index (Phi) is 3.93. The summed E-state index contributed by atoms with van der Waals surface area (Å²) in [7, 11) is 0. The smallest absolute Gasteiger partial charge is 0.319 e. The van der Waals surface area contributed by atoms with Gasteiger partial charge in [0, 0.05) is 18.2 Å². The highest BCUT2D eigenvalue weighted by Crippen LogP contribution is 2.41. The van der Waals surface area contributed by atoms with Gasteiger partial charge in [-0.25, -0.2) is 9.50 Å². The molecule has 0 radical (unpaired) electrons. The molecule has 7 nitrogen and oxygen atoms in total. The van der Waals surface area contributed by atoms with Gasteiger partial charge in [0.1, 0.15) is 11.3 Å². The fourth-order valence-corrected chi connectivity index (χ4v) is 3.01. The largest absolute Gasteiger partial charge is 0.433 e. The molecular weight excluding hydrogens is 361 g/mol. The Bertz CT molecular complexity index is 1030. The van der Waals surface area contributed by atoms with Gasteiger partial charge in [0.15, 0.2) is 5.65 Å². The Morgan fingerprint density at radius 3 is 2.63 bits per heavy atom. The van der Waals surface area contributed by atoms with Crippen LogP contribution in [0.15, 0.2) is 18.5 Å². The van der Waals surface area contributed by atoms with Crippen LogP contribution >= 0.6 is 0 Å². The van der Waals surface area contributed by atoms with Gasteiger partial charge < -0.3 is 5.32 Å². The van der Waals surface area contributed by atoms with E-state index < -0.39 is 17.8 Å². The van der Waals surface area contributed by atoms with Crippen LogP contribution in [-0.4, -0.2) is 30.3 Å². The minimum Gasteiger partial charge on any atom is -0.319 e. The first-order chi connectivity index (χ1) is 12.8. The van der Waals surface area contributed by atoms with Crippen molar-refractivity contribution in [1.82, 2.24) is 24.4 Å². The van der Waals surface area contributed by atoms with Crippen molar-refractivity contribution in [2.24, 2.45) is 0 Å². The van der Waals surface area contributed by atoms with Crippen LogP contribution in [0.1, 0.15) is 53.1 Å². The standard InChI is InChI=1S/C17H17F3N6O/c1-3-25-9(2)13(8-21-25)24-16(27)11-7-22-26-14(17(18,19)20)6-12(10-4-5-10)23-15(11)26/h6-8,10H,3-5H2,1-2H3,(H,24,27). The van der Waals surface area contributed by atoms with Crippen LogP contribution < -0.4 is 5.32 Å². The average molecular weight is 378 g/mol. The summed E-state index contributed by atoms with van der Waals surface area (Å²) in [5, 5.41) is 10.6. The number of carbonyl (C=O) groups is 1. The molecule has 0 atom stereocenters. The molecule has 142 valence electrons. The molecule has 1 N–H and O–H groups in total. The maximum atomic E-state index is 13.4. The summed E-state index contributed by atoms with van der Waals surface area (Å²) in [4.78, 5) is 17.0. The highest BCUT2D eigenvalue weighted by molar-refractivity contribution is 6.08. The van der Waals surface area contributed by atoms with Crippen molar-refractivity contribution in [3.63, 3.8) is 0 Å². The van der Waals surface area contributed by atoms with Crippen molar-refractivity contribution < 1.29 is 18.0 Å². The SMILES string of the molecule is CCn1ncc(NC(=O)c2cnn3c(C(F)(F)F)cc(C4CC4)nc23)c1C. The van der Waals surface area contributed by atoms with E-state index in [1.54, 1.807) is 11.6 Å². The zero-order valence-electron chi connectivity index (χ0n) is 14.7. The Labute approximate surface area is 152 Å². The monoisotopic (exact) mass is 378 g/mol. The van der Waals surface area contributed by atoms with Crippen molar-refractivity contribution >= 4 is 17.2 Å². The van der Waals surface area contributed by atoms with E-state index in [0.29, 0.717) is 22.4 Å². The quantitative estimate of drug-likeness (QED) is 0.755. The fourth-order valence-electron chi connectivity index (χ4n) is 3.01. The maximum absolute atomic E-state index is 13.4. The van der Waals surface area contributed by atoms with Gasteiger partial charge in [-0.05, 0) is 32.8 Å². The number of nitrogens with zero attached hydrogens (tertiary/aromatic N) is 5. The topological polar surface area (TPSA) is 77.1 Å². The number of aromatic nitrogens is 5. The number of halogens is 3. The van der Waals surface area contributed by atoms with Crippen molar-refractivity contribution in [3.05, 3.63) is 41.1 Å². The summed E-state index contributed by atoms with van der Waals surface area (Å²) < 4.78 is 42.7. The number of aryl methyl sites for hydroxylation is 1. The molecule has 0 bridgehead atoms. The van der Waals surface area contributed by atoms with E-state index in [0.717, 1.165) is 30.8 Å². The predicted molar refractivity (Wildman–Crippen MR) is 90.6 cm³/mol. The lowest BCUT2D eigenvalue weighted by molar-refractivity contribution is -0.142. The Morgan fingerprint density at radius 1 is 1.30 bits per heavy atom. The fraction of sp³-hybridized carbons (Fsp3) is 0.412. The van der Waals surface area contributed by atoms with Gasteiger partial charge in [-0.2, -0.15) is 23.4 Å². The summed E-state index contributed by atoms with van der Waals surface area (Å²) >= 11 is 0. The summed E-state index contributed by atoms with van der Waals surface area (Å²) in [6, 6.07) is 1.02. The lowest BCUT2D eigenvalue weighted by Gasteiger charge is -2.11. The van der Waals surface area contributed by atoms with Crippen LogP contribution in [0.2, 0.25) is 0 Å². The first-order valence-corrected chi connectivity index (χ1v) is 8.59. The van der Waals surface area contributed by atoms with Crippen molar-refractivity contribution in [1.29, 1.82) is 0 Å². The third-order valence-electron chi connectivity index (χ3n) is 4.67. The van der Waals surface area contributed by atoms with Gasteiger partial charge in [-0.1, -0.05) is 0 Å². The molecule has 0 aromatic carbocycles. The number of fused-ring (bicyclic) bond motifs is 1. The molecule has 27 heavy (non-hydrogen) atoms. The molecule has 0 aliphatic heterocycles. The molecule has 1 aliphatic rings. The molecular formula is C17H17F3N6O. The number of rotatable bonds is 4. The van der Waals surface area contributed by atoms with Gasteiger partial charge in [0.25, 0.3) is 5.91 Å². The highest BCUT2D eigenvalue weighted by Gasteiger charge is 2.38. The molecule has 1 saturated carbocycles. The van der Waals surface area contributed by atoms with E-state index in [-0.39, 0.29) is 17.1 Å². The number of anilines is 1. The van der Waals surface area contributed by atoms with E-state index >= 15 is 0 Å². The van der Waals surface area contributed by atoms with Crippen molar-refractivity contribution in [3.8, 4) is 0 Å². The Balaban J connectivity index is 1.76. The van der Waals surface area contributed by atoms with E-state index in [2.05, 4.69) is 20.5 Å². The van der Waals surface area contributed by atoms with Gasteiger partial charge in [0.2, 0.25) is 0 Å². The van der Waals surface area contributed by atoms with Crippen LogP contribution in [0.5, 0.6) is 0 Å². The van der Waals surface area contributed by atoms with Crippen LogP contribution in [0.3, 0.4) is 0 Å². The number of amides is 1. The summed E-state index contributed by atoms with van der Waals surface area (Å²) in [5.74, 6) is -0.565. The van der Waals surface area contributed by atoms with Gasteiger partial charge >= 0.3 is 6.18 Å². The molecule has 0 saturated heterocycles. The van der Waals surface area contributed by atoms with Crippen molar-refractivity contribution in [2.45, 2.75) is 45.3 Å². The Hall–Kier alpha value is -2.91. The van der Waals surface area contributed by atoms with Gasteiger partial charge in [-0.3, -0.25) is 9.48 Å². The van der Waals surface area contributed by atoms with Crippen LogP contribution in [0.4, 0.5) is 18.9 Å². The van der Waals surface area contributed by atoms with Crippen molar-refractivity contribution in [2.75, 3.05) is 5.32 Å². The maximum Gasteiger partial charge on any atom is 0.433 e. The molecule has 0 spiro atoms. The number of hydrogen-bond acceptors (Lipinski definition) is 4. The van der Waals surface area contributed by atoms with Crippen LogP contribution in [0, 0.1) is 6.92 Å². The highest BCUT2D eigenvalue weighted by atomic mass is 19.4. The number of carbonyl (C=O) groups excluding carboxylic acids is 1. The third kappa shape index (κ3) is 3.04. The second-order valence-corrected chi connectivity index (χ2v) is 6.55. The number of nitrogens with one attached hydrogen (secondary N) is 1. The van der Waals surface area contributed by atoms with E-state index in [9.17, 15) is 18.0 Å². The lowest BCUT2D eigenvalue weighted by atomic mass is 10.2. The molecule has 1 amide bonds. The van der Waals surface area contributed by atoms with E-state index in [4.69, 9.17) is 0 Å². The van der Waals surface area contributed by atoms with E-state index in [1.807, 2.05) is 6.92 Å². The molecule has 0 unspecified atom stereocenters. The summed E-state index contributed by atoms with van der Waals surface area (Å²) in [5.41, 5.74) is 0.569. The molecule has 3 heterocycles. The van der Waals surface area contributed by atoms with Crippen LogP contribution in [0.25, 0.3) is 5.65 Å². The molecule has 10 heteroatoms. The molecule has 3 aromatic heterocycles. The minimum absolute atomic E-state index is 0.00643. The molecule has 3 aromatic rings. The first kappa shape index (κ1) is 17.5. The lowest BCUT2D eigenvalue weighted by Crippen LogP contribution is -2.16. The Morgan fingerprint density at radius 2 is 2.04 bits per heavy atom. The normalized spacial score (nSPS) is 14.7. The summed E-state index contributed by atoms with van der Waals surface area (Å²) in [6.07, 6.45) is -0.379. The number of alkyl halides is 3. The first-order valence-electron chi connectivity index (χ1n) is 8.59. The predicted octanol–water partition coefficient (Wildman–Crippen LogP) is 3.40. The summed E-state index contributed by atoms with van der Waals surface area (Å²) in [6.45, 7) is 4.35. The minimum atomic E-state index is -4.59. The third-order valence-corrected chi connectivity index (χ3v) is 4.67. The van der Waals surface area contributed by atoms with Gasteiger partial charge in [0.05, 0.1) is 23.8 Å². The zero-order chi connectivity index (χ0) is 19.3. The molecule has 1 aliphatic carbocycles. The molecule has 1 fully saturated rings. The van der Waals surface area contributed by atoms with Crippen LogP contribution in [-0.2, 0) is 12.7 Å². The second-order valence-electron chi connectivity index (χ2n) is 6.55. The molecule has 4 rings (SSSR count). The number of hydrogen-bond donors (Lipinski definition) is 1.